The van der Waals surface area contributed by atoms with E-state index in [4.69, 9.17) is 10.2 Å². The van der Waals surface area contributed by atoms with Crippen LogP contribution in [0.25, 0.3) is 0 Å². The lowest BCUT2D eigenvalue weighted by molar-refractivity contribution is 0.0697. The van der Waals surface area contributed by atoms with Gasteiger partial charge in [0, 0.05) is 0 Å². The van der Waals surface area contributed by atoms with E-state index in [0.29, 0.717) is 0 Å². The first-order valence-corrected chi connectivity index (χ1v) is 5.69. The summed E-state index contributed by atoms with van der Waals surface area (Å²) < 4.78 is 0. The minimum absolute atomic E-state index is 0.0741. The van der Waals surface area contributed by atoms with Crippen molar-refractivity contribution in [3.63, 3.8) is 0 Å². The Morgan fingerprint density at radius 3 is 2.00 bits per heavy atom. The highest BCUT2D eigenvalue weighted by molar-refractivity contribution is 5.87. The van der Waals surface area contributed by atoms with Crippen molar-refractivity contribution in [1.29, 1.82) is 0 Å². The summed E-state index contributed by atoms with van der Waals surface area (Å²) in [7, 11) is 0. The van der Waals surface area contributed by atoms with Crippen LogP contribution in [0.3, 0.4) is 0 Å². The summed E-state index contributed by atoms with van der Waals surface area (Å²) in [5, 5.41) is 17.1. The van der Waals surface area contributed by atoms with Crippen LogP contribution in [0.15, 0.2) is 24.3 Å². The number of fused-ring (bicyclic) bond motifs is 1. The van der Waals surface area contributed by atoms with E-state index in [1.54, 1.807) is 19.3 Å². The molecule has 3 nitrogen and oxygen atoms in total. The average molecular weight is 220 g/mol. The second kappa shape index (κ2) is 4.56. The molecule has 2 aliphatic carbocycles. The van der Waals surface area contributed by atoms with Crippen molar-refractivity contribution in [1.82, 2.24) is 0 Å². The summed E-state index contributed by atoms with van der Waals surface area (Å²) in [6, 6.07) is 5.36. The fourth-order valence-corrected chi connectivity index (χ4v) is 2.26. The van der Waals surface area contributed by atoms with Gasteiger partial charge in [0.05, 0.1) is 5.56 Å². The molecule has 2 unspecified atom stereocenters. The molecule has 0 spiro atoms. The fraction of sp³-hybridized carbons (Fsp3) is 0.462. The standard InChI is InChI=1S/C7H6O3.C6H10/c8-6-3-1-5(2-4-6)7(9)10;1-2-5-4-6(5)3-1/h1-4,8H,(H,9,10);5-6H,1-4H2. The maximum atomic E-state index is 10.2. The van der Waals surface area contributed by atoms with Gasteiger partial charge in [0.2, 0.25) is 0 Å². The lowest BCUT2D eigenvalue weighted by Crippen LogP contribution is -1.93. The van der Waals surface area contributed by atoms with Crippen LogP contribution >= 0.6 is 0 Å². The molecular formula is C13H16O3. The lowest BCUT2D eigenvalue weighted by Gasteiger charge is -1.92. The van der Waals surface area contributed by atoms with Gasteiger partial charge in [0.15, 0.2) is 0 Å². The number of phenolic OH excluding ortho intramolecular Hbond substituents is 1. The zero-order valence-electron chi connectivity index (χ0n) is 9.10. The van der Waals surface area contributed by atoms with E-state index in [9.17, 15) is 4.79 Å². The van der Waals surface area contributed by atoms with Gasteiger partial charge in [-0.25, -0.2) is 4.79 Å². The molecule has 1 aromatic carbocycles. The molecule has 3 heteroatoms. The number of rotatable bonds is 1. The van der Waals surface area contributed by atoms with Gasteiger partial charge in [-0.05, 0) is 42.5 Å². The molecular weight excluding hydrogens is 204 g/mol. The van der Waals surface area contributed by atoms with Crippen molar-refractivity contribution < 1.29 is 15.0 Å². The summed E-state index contributed by atoms with van der Waals surface area (Å²) in [4.78, 5) is 10.2. The number of hydrogen-bond acceptors (Lipinski definition) is 2. The Labute approximate surface area is 94.7 Å². The molecule has 2 saturated carbocycles. The van der Waals surface area contributed by atoms with Crippen molar-refractivity contribution in [2.75, 3.05) is 0 Å². The van der Waals surface area contributed by atoms with Gasteiger partial charge >= 0.3 is 5.97 Å². The smallest absolute Gasteiger partial charge is 0.335 e. The highest BCUT2D eigenvalue weighted by Gasteiger charge is 2.40. The predicted molar refractivity (Wildman–Crippen MR) is 60.5 cm³/mol. The molecule has 0 radical (unpaired) electrons. The molecule has 0 aromatic heterocycles. The largest absolute Gasteiger partial charge is 0.508 e. The van der Waals surface area contributed by atoms with Crippen LogP contribution in [-0.2, 0) is 0 Å². The number of aromatic hydroxyl groups is 1. The first-order chi connectivity index (χ1) is 7.66. The topological polar surface area (TPSA) is 57.5 Å². The van der Waals surface area contributed by atoms with E-state index in [2.05, 4.69) is 0 Å². The zero-order chi connectivity index (χ0) is 11.5. The quantitative estimate of drug-likeness (QED) is 0.765. The summed E-state index contributed by atoms with van der Waals surface area (Å²) in [5.74, 6) is 1.51. The van der Waals surface area contributed by atoms with Crippen molar-refractivity contribution in [2.24, 2.45) is 11.8 Å². The molecule has 0 amide bonds. The number of carboxylic acids is 1. The summed E-state index contributed by atoms with van der Waals surface area (Å²) in [6.07, 6.45) is 6.24. The van der Waals surface area contributed by atoms with E-state index in [1.165, 1.54) is 42.5 Å². The zero-order valence-corrected chi connectivity index (χ0v) is 9.10. The predicted octanol–water partition coefficient (Wildman–Crippen LogP) is 2.90. The van der Waals surface area contributed by atoms with E-state index < -0.39 is 5.97 Å². The third-order valence-electron chi connectivity index (χ3n) is 3.33. The molecule has 0 bridgehead atoms. The van der Waals surface area contributed by atoms with Crippen LogP contribution in [-0.4, -0.2) is 16.2 Å². The Balaban J connectivity index is 0.000000134. The van der Waals surface area contributed by atoms with Crippen molar-refractivity contribution in [3.8, 4) is 5.75 Å². The number of phenols is 1. The van der Waals surface area contributed by atoms with Crippen LogP contribution in [0.2, 0.25) is 0 Å². The number of carboxylic acid groups (broad SMARTS) is 1. The van der Waals surface area contributed by atoms with Crippen molar-refractivity contribution in [2.45, 2.75) is 25.7 Å². The number of hydrogen-bond donors (Lipinski definition) is 2. The van der Waals surface area contributed by atoms with Gasteiger partial charge in [0.25, 0.3) is 0 Å². The van der Waals surface area contributed by atoms with Gasteiger partial charge in [-0.2, -0.15) is 0 Å². The SMILES string of the molecule is C1CC2CC2C1.O=C(O)c1ccc(O)cc1. The van der Waals surface area contributed by atoms with Gasteiger partial charge in [0.1, 0.15) is 5.75 Å². The second-order valence-corrected chi connectivity index (χ2v) is 4.54. The van der Waals surface area contributed by atoms with E-state index in [1.807, 2.05) is 0 Å². The molecule has 0 aliphatic heterocycles. The monoisotopic (exact) mass is 220 g/mol. The molecule has 3 rings (SSSR count). The van der Waals surface area contributed by atoms with Crippen LogP contribution in [0.1, 0.15) is 36.0 Å². The third-order valence-corrected chi connectivity index (χ3v) is 3.33. The van der Waals surface area contributed by atoms with E-state index in [0.717, 1.165) is 0 Å². The van der Waals surface area contributed by atoms with Gasteiger partial charge in [-0.3, -0.25) is 0 Å². The Bertz CT molecular complexity index is 361. The minimum Gasteiger partial charge on any atom is -0.508 e. The molecule has 2 atom stereocenters. The number of benzene rings is 1. The molecule has 0 heterocycles. The normalized spacial score (nSPS) is 25.2. The molecule has 2 fully saturated rings. The molecule has 16 heavy (non-hydrogen) atoms. The minimum atomic E-state index is -0.986. The highest BCUT2D eigenvalue weighted by Crippen LogP contribution is 2.51. The maximum Gasteiger partial charge on any atom is 0.335 e. The van der Waals surface area contributed by atoms with Crippen molar-refractivity contribution in [3.05, 3.63) is 29.8 Å². The maximum absolute atomic E-state index is 10.2. The Morgan fingerprint density at radius 1 is 1.12 bits per heavy atom. The van der Waals surface area contributed by atoms with E-state index in [-0.39, 0.29) is 11.3 Å². The Hall–Kier alpha value is -1.51. The molecule has 86 valence electrons. The summed E-state index contributed by atoms with van der Waals surface area (Å²) in [5.41, 5.74) is 0.179. The number of carbonyl (C=O) groups is 1. The number of aromatic carboxylic acids is 1. The van der Waals surface area contributed by atoms with Gasteiger partial charge in [-0.1, -0.05) is 19.3 Å². The average Bonchev–Trinajstić information content (AvgIpc) is 2.87. The molecule has 2 aliphatic rings. The highest BCUT2D eigenvalue weighted by atomic mass is 16.4. The van der Waals surface area contributed by atoms with Gasteiger partial charge in [-0.15, -0.1) is 0 Å². The van der Waals surface area contributed by atoms with Crippen LogP contribution in [0.5, 0.6) is 5.75 Å². The van der Waals surface area contributed by atoms with Crippen LogP contribution < -0.4 is 0 Å². The molecule has 0 saturated heterocycles. The van der Waals surface area contributed by atoms with Crippen LogP contribution in [0, 0.1) is 11.8 Å². The summed E-state index contributed by atoms with van der Waals surface area (Å²) >= 11 is 0. The fourth-order valence-electron chi connectivity index (χ4n) is 2.26. The second-order valence-electron chi connectivity index (χ2n) is 4.54. The Morgan fingerprint density at radius 2 is 1.69 bits per heavy atom. The summed E-state index contributed by atoms with van der Waals surface area (Å²) in [6.45, 7) is 0. The van der Waals surface area contributed by atoms with Crippen LogP contribution in [0.4, 0.5) is 0 Å². The first-order valence-electron chi connectivity index (χ1n) is 5.69. The lowest BCUT2D eigenvalue weighted by atomic mass is 10.2. The molecule has 1 aromatic rings. The third kappa shape index (κ3) is 2.75. The van der Waals surface area contributed by atoms with Crippen molar-refractivity contribution >= 4 is 5.97 Å². The van der Waals surface area contributed by atoms with E-state index >= 15 is 0 Å². The first kappa shape index (κ1) is 11.0. The Kier molecular flexibility index (Phi) is 3.13. The van der Waals surface area contributed by atoms with Gasteiger partial charge < -0.3 is 10.2 Å². The molecule has 2 N–H and O–H groups in total.